The van der Waals surface area contributed by atoms with Crippen LogP contribution in [0.15, 0.2) is 0 Å². The lowest BCUT2D eigenvalue weighted by atomic mass is 10.1. The second kappa shape index (κ2) is 7.12. The van der Waals surface area contributed by atoms with Crippen LogP contribution in [0.1, 0.15) is 25.7 Å². The van der Waals surface area contributed by atoms with E-state index < -0.39 is 0 Å². The summed E-state index contributed by atoms with van der Waals surface area (Å²) in [7, 11) is 0. The van der Waals surface area contributed by atoms with Crippen molar-refractivity contribution in [1.29, 1.82) is 0 Å². The molecule has 1 aliphatic rings. The largest absolute Gasteiger partial charge is 0.396 e. The van der Waals surface area contributed by atoms with Crippen molar-refractivity contribution in [1.82, 2.24) is 4.90 Å². The fourth-order valence-corrected chi connectivity index (χ4v) is 2.41. The highest BCUT2D eigenvalue weighted by Gasteiger charge is 2.28. The highest BCUT2D eigenvalue weighted by atomic mass is 32.2. The molecule has 1 atom stereocenters. The first-order valence-corrected chi connectivity index (χ1v) is 7.05. The molecule has 0 aliphatic carbocycles. The van der Waals surface area contributed by atoms with Crippen LogP contribution in [-0.2, 0) is 4.79 Å². The first-order valence-electron chi connectivity index (χ1n) is 5.65. The summed E-state index contributed by atoms with van der Waals surface area (Å²) < 4.78 is 0. The molecular formula is C11H21NO2S. The van der Waals surface area contributed by atoms with Crippen molar-refractivity contribution in [3.05, 3.63) is 0 Å². The molecule has 88 valence electrons. The van der Waals surface area contributed by atoms with E-state index in [1.54, 1.807) is 0 Å². The molecule has 0 aromatic rings. The normalized spacial score (nSPS) is 21.3. The average molecular weight is 231 g/mol. The first-order chi connectivity index (χ1) is 7.27. The number of aliphatic hydroxyl groups excluding tert-OH is 1. The van der Waals surface area contributed by atoms with Crippen molar-refractivity contribution >= 4 is 17.7 Å². The molecule has 0 aromatic carbocycles. The standard InChI is InChI=1S/C11H21NO2S/c1-15-6-4-2-3-5-12-8-10(9-13)7-11(12)14/h10,13H,2-9H2,1H3. The minimum absolute atomic E-state index is 0.148. The molecule has 3 nitrogen and oxygen atoms in total. The number of thioether (sulfide) groups is 1. The van der Waals surface area contributed by atoms with Gasteiger partial charge in [-0.2, -0.15) is 11.8 Å². The molecule has 1 rings (SSSR count). The Morgan fingerprint density at radius 2 is 2.27 bits per heavy atom. The van der Waals surface area contributed by atoms with Crippen molar-refractivity contribution in [2.75, 3.05) is 31.7 Å². The molecular weight excluding hydrogens is 210 g/mol. The Balaban J connectivity index is 2.08. The smallest absolute Gasteiger partial charge is 0.223 e. The monoisotopic (exact) mass is 231 g/mol. The number of carbonyl (C=O) groups is 1. The van der Waals surface area contributed by atoms with Crippen LogP contribution < -0.4 is 0 Å². The maximum absolute atomic E-state index is 11.5. The predicted octanol–water partition coefficient (Wildman–Crippen LogP) is 1.36. The molecule has 1 heterocycles. The summed E-state index contributed by atoms with van der Waals surface area (Å²) in [6.07, 6.45) is 6.21. The minimum Gasteiger partial charge on any atom is -0.396 e. The van der Waals surface area contributed by atoms with Crippen LogP contribution in [0.3, 0.4) is 0 Å². The van der Waals surface area contributed by atoms with E-state index in [0.717, 1.165) is 19.5 Å². The Labute approximate surface area is 96.2 Å². The van der Waals surface area contributed by atoms with Crippen LogP contribution >= 0.6 is 11.8 Å². The van der Waals surface area contributed by atoms with Gasteiger partial charge < -0.3 is 10.0 Å². The van der Waals surface area contributed by atoms with Crippen molar-refractivity contribution in [3.8, 4) is 0 Å². The highest BCUT2D eigenvalue weighted by Crippen LogP contribution is 2.17. The number of rotatable bonds is 7. The van der Waals surface area contributed by atoms with E-state index in [1.807, 2.05) is 16.7 Å². The Morgan fingerprint density at radius 1 is 1.47 bits per heavy atom. The Kier molecular flexibility index (Phi) is 6.10. The van der Waals surface area contributed by atoms with Crippen molar-refractivity contribution in [2.45, 2.75) is 25.7 Å². The van der Waals surface area contributed by atoms with Gasteiger partial charge in [0.05, 0.1) is 0 Å². The molecule has 1 aliphatic heterocycles. The summed E-state index contributed by atoms with van der Waals surface area (Å²) >= 11 is 1.88. The van der Waals surface area contributed by atoms with Gasteiger partial charge in [0.1, 0.15) is 0 Å². The van der Waals surface area contributed by atoms with Crippen LogP contribution in [0.5, 0.6) is 0 Å². The summed E-state index contributed by atoms with van der Waals surface area (Å²) in [5.41, 5.74) is 0. The Bertz CT molecular complexity index is 199. The first kappa shape index (κ1) is 12.8. The molecule has 0 bridgehead atoms. The van der Waals surface area contributed by atoms with Gasteiger partial charge in [0, 0.05) is 32.0 Å². The molecule has 0 spiro atoms. The van der Waals surface area contributed by atoms with E-state index in [2.05, 4.69) is 6.26 Å². The lowest BCUT2D eigenvalue weighted by molar-refractivity contribution is -0.127. The molecule has 4 heteroatoms. The van der Waals surface area contributed by atoms with Gasteiger partial charge in [0.2, 0.25) is 5.91 Å². The zero-order valence-electron chi connectivity index (χ0n) is 9.45. The van der Waals surface area contributed by atoms with Gasteiger partial charge in [0.15, 0.2) is 0 Å². The lowest BCUT2D eigenvalue weighted by Crippen LogP contribution is -2.26. The van der Waals surface area contributed by atoms with Crippen molar-refractivity contribution < 1.29 is 9.90 Å². The summed E-state index contributed by atoms with van der Waals surface area (Å²) in [6.45, 7) is 1.79. The highest BCUT2D eigenvalue weighted by molar-refractivity contribution is 7.98. The number of hydrogen-bond donors (Lipinski definition) is 1. The van der Waals surface area contributed by atoms with Crippen LogP contribution in [-0.4, -0.2) is 47.6 Å². The zero-order valence-corrected chi connectivity index (χ0v) is 10.3. The molecule has 0 aromatic heterocycles. The third kappa shape index (κ3) is 4.43. The average Bonchev–Trinajstić information content (AvgIpc) is 2.59. The third-order valence-electron chi connectivity index (χ3n) is 2.83. The van der Waals surface area contributed by atoms with Crippen LogP contribution in [0.25, 0.3) is 0 Å². The number of carbonyl (C=O) groups excluding carboxylic acids is 1. The van der Waals surface area contributed by atoms with E-state index in [4.69, 9.17) is 5.11 Å². The molecule has 0 saturated carbocycles. The molecule has 15 heavy (non-hydrogen) atoms. The van der Waals surface area contributed by atoms with Crippen LogP contribution in [0.2, 0.25) is 0 Å². The fourth-order valence-electron chi connectivity index (χ4n) is 1.92. The van der Waals surface area contributed by atoms with E-state index in [1.165, 1.54) is 18.6 Å². The Hall–Kier alpha value is -0.220. The second-order valence-electron chi connectivity index (χ2n) is 4.15. The van der Waals surface area contributed by atoms with Crippen molar-refractivity contribution in [3.63, 3.8) is 0 Å². The van der Waals surface area contributed by atoms with Crippen LogP contribution in [0, 0.1) is 5.92 Å². The van der Waals surface area contributed by atoms with Crippen LogP contribution in [0.4, 0.5) is 0 Å². The second-order valence-corrected chi connectivity index (χ2v) is 5.13. The molecule has 1 saturated heterocycles. The minimum atomic E-state index is 0.148. The van der Waals surface area contributed by atoms with E-state index in [9.17, 15) is 4.79 Å². The van der Waals surface area contributed by atoms with Gasteiger partial charge in [-0.1, -0.05) is 6.42 Å². The summed E-state index contributed by atoms with van der Waals surface area (Å²) in [5, 5.41) is 8.96. The molecule has 0 radical (unpaired) electrons. The maximum atomic E-state index is 11.5. The lowest BCUT2D eigenvalue weighted by Gasteiger charge is -2.15. The third-order valence-corrected chi connectivity index (χ3v) is 3.53. The molecule has 1 unspecified atom stereocenters. The van der Waals surface area contributed by atoms with Gasteiger partial charge >= 0.3 is 0 Å². The van der Waals surface area contributed by atoms with Gasteiger partial charge in [0.25, 0.3) is 0 Å². The van der Waals surface area contributed by atoms with Gasteiger partial charge in [-0.15, -0.1) is 0 Å². The van der Waals surface area contributed by atoms with Crippen molar-refractivity contribution in [2.24, 2.45) is 5.92 Å². The quantitative estimate of drug-likeness (QED) is 0.673. The van der Waals surface area contributed by atoms with E-state index in [0.29, 0.717) is 6.42 Å². The molecule has 1 fully saturated rings. The SMILES string of the molecule is CSCCCCCN1CC(CO)CC1=O. The van der Waals surface area contributed by atoms with Gasteiger partial charge in [-0.3, -0.25) is 4.79 Å². The predicted molar refractivity (Wildman–Crippen MR) is 64.0 cm³/mol. The van der Waals surface area contributed by atoms with E-state index in [-0.39, 0.29) is 18.4 Å². The van der Waals surface area contributed by atoms with Gasteiger partial charge in [-0.05, 0) is 24.9 Å². The summed E-state index contributed by atoms with van der Waals surface area (Å²) in [5.74, 6) is 1.62. The molecule has 1 N–H and O–H groups in total. The maximum Gasteiger partial charge on any atom is 0.223 e. The summed E-state index contributed by atoms with van der Waals surface area (Å²) in [6, 6.07) is 0. The Morgan fingerprint density at radius 3 is 2.87 bits per heavy atom. The fraction of sp³-hybridized carbons (Fsp3) is 0.909. The number of aliphatic hydroxyl groups is 1. The number of amides is 1. The van der Waals surface area contributed by atoms with E-state index >= 15 is 0 Å². The number of likely N-dealkylation sites (tertiary alicyclic amines) is 1. The van der Waals surface area contributed by atoms with Gasteiger partial charge in [-0.25, -0.2) is 0 Å². The zero-order chi connectivity index (χ0) is 11.1. The number of unbranched alkanes of at least 4 members (excludes halogenated alkanes) is 2. The summed E-state index contributed by atoms with van der Waals surface area (Å²) in [4.78, 5) is 13.4. The number of hydrogen-bond acceptors (Lipinski definition) is 3. The molecule has 1 amide bonds. The number of nitrogens with zero attached hydrogens (tertiary/aromatic N) is 1. The topological polar surface area (TPSA) is 40.5 Å².